The minimum absolute atomic E-state index is 0.264. The molecule has 0 saturated heterocycles. The predicted molar refractivity (Wildman–Crippen MR) is 73.2 cm³/mol. The summed E-state index contributed by atoms with van der Waals surface area (Å²) in [6, 6.07) is 17.1. The van der Waals surface area contributed by atoms with Crippen molar-refractivity contribution in [2.75, 3.05) is 5.75 Å². The SMILES string of the molecule is O=C(CS(O)(O)c1ccccc1)c1ccccc1. The zero-order valence-corrected chi connectivity index (χ0v) is 10.5. The smallest absolute Gasteiger partial charge is 0.182 e. The zero-order chi connectivity index (χ0) is 13.0. The van der Waals surface area contributed by atoms with Crippen LogP contribution in [0.25, 0.3) is 0 Å². The quantitative estimate of drug-likeness (QED) is 0.826. The van der Waals surface area contributed by atoms with Crippen molar-refractivity contribution in [2.24, 2.45) is 0 Å². The Hall–Kier alpha value is -1.62. The summed E-state index contributed by atoms with van der Waals surface area (Å²) in [4.78, 5) is 12.3. The van der Waals surface area contributed by atoms with E-state index in [1.54, 1.807) is 54.6 Å². The number of carbonyl (C=O) groups excluding carboxylic acids is 1. The van der Waals surface area contributed by atoms with Gasteiger partial charge in [0.05, 0.1) is 4.90 Å². The fourth-order valence-corrected chi connectivity index (χ4v) is 2.90. The summed E-state index contributed by atoms with van der Waals surface area (Å²) in [5.74, 6) is -0.541. The highest BCUT2D eigenvalue weighted by Gasteiger charge is 2.20. The van der Waals surface area contributed by atoms with Crippen LogP contribution < -0.4 is 0 Å². The van der Waals surface area contributed by atoms with Crippen LogP contribution in [0.1, 0.15) is 10.4 Å². The van der Waals surface area contributed by atoms with Gasteiger partial charge in [0.15, 0.2) is 5.78 Å². The average molecular weight is 262 g/mol. The number of benzene rings is 2. The molecular formula is C14H14O3S. The Kier molecular flexibility index (Phi) is 3.81. The lowest BCUT2D eigenvalue weighted by Gasteiger charge is -2.31. The Bertz CT molecular complexity index is 523. The molecule has 2 N–H and O–H groups in total. The third-order valence-corrected chi connectivity index (χ3v) is 4.24. The Morgan fingerprint density at radius 1 is 0.889 bits per heavy atom. The summed E-state index contributed by atoms with van der Waals surface area (Å²) in [5.41, 5.74) is 0.494. The minimum atomic E-state index is -3.06. The van der Waals surface area contributed by atoms with E-state index in [1.807, 2.05) is 6.07 Å². The largest absolute Gasteiger partial charge is 0.294 e. The summed E-state index contributed by atoms with van der Waals surface area (Å²) in [6.07, 6.45) is 0. The topological polar surface area (TPSA) is 57.5 Å². The number of hydrogen-bond acceptors (Lipinski definition) is 3. The molecule has 0 unspecified atom stereocenters. The van der Waals surface area contributed by atoms with Gasteiger partial charge in [-0.1, -0.05) is 48.5 Å². The van der Waals surface area contributed by atoms with Gasteiger partial charge in [0.1, 0.15) is 5.75 Å². The Morgan fingerprint density at radius 3 is 1.94 bits per heavy atom. The van der Waals surface area contributed by atoms with Crippen LogP contribution in [0.5, 0.6) is 0 Å². The molecule has 2 rings (SSSR count). The molecule has 0 aromatic heterocycles. The number of ketones is 1. The van der Waals surface area contributed by atoms with Gasteiger partial charge < -0.3 is 0 Å². The molecular weight excluding hydrogens is 248 g/mol. The zero-order valence-electron chi connectivity index (χ0n) is 9.69. The van der Waals surface area contributed by atoms with Crippen LogP contribution in [0, 0.1) is 0 Å². The van der Waals surface area contributed by atoms with Crippen molar-refractivity contribution < 1.29 is 13.9 Å². The van der Waals surface area contributed by atoms with Crippen molar-refractivity contribution in [1.82, 2.24) is 0 Å². The van der Waals surface area contributed by atoms with E-state index in [2.05, 4.69) is 0 Å². The molecule has 0 aliphatic carbocycles. The highest BCUT2D eigenvalue weighted by atomic mass is 32.3. The van der Waals surface area contributed by atoms with Crippen LogP contribution in [-0.4, -0.2) is 20.6 Å². The second-order valence-electron chi connectivity index (χ2n) is 3.91. The van der Waals surface area contributed by atoms with Gasteiger partial charge in [0.25, 0.3) is 0 Å². The van der Waals surface area contributed by atoms with Crippen LogP contribution in [-0.2, 0) is 0 Å². The van der Waals surface area contributed by atoms with Gasteiger partial charge in [-0.05, 0) is 12.1 Å². The van der Waals surface area contributed by atoms with E-state index in [-0.39, 0.29) is 11.5 Å². The first-order valence-corrected chi connectivity index (χ1v) is 7.20. The van der Waals surface area contributed by atoms with Crippen molar-refractivity contribution in [3.05, 3.63) is 66.2 Å². The Balaban J connectivity index is 2.17. The Morgan fingerprint density at radius 2 is 1.39 bits per heavy atom. The molecule has 0 atom stereocenters. The molecule has 0 radical (unpaired) electrons. The maximum atomic E-state index is 11.9. The maximum Gasteiger partial charge on any atom is 0.182 e. The van der Waals surface area contributed by atoms with Crippen molar-refractivity contribution in [3.63, 3.8) is 0 Å². The van der Waals surface area contributed by atoms with Crippen molar-refractivity contribution in [2.45, 2.75) is 4.90 Å². The van der Waals surface area contributed by atoms with Gasteiger partial charge in [-0.25, -0.2) is 0 Å². The van der Waals surface area contributed by atoms with E-state index >= 15 is 0 Å². The van der Waals surface area contributed by atoms with E-state index in [4.69, 9.17) is 0 Å². The molecule has 0 heterocycles. The number of rotatable bonds is 4. The van der Waals surface area contributed by atoms with Gasteiger partial charge >= 0.3 is 0 Å². The minimum Gasteiger partial charge on any atom is -0.294 e. The molecule has 4 heteroatoms. The lowest BCUT2D eigenvalue weighted by Crippen LogP contribution is -2.13. The summed E-state index contributed by atoms with van der Waals surface area (Å²) >= 11 is 0. The molecule has 0 amide bonds. The first-order chi connectivity index (χ1) is 8.59. The van der Waals surface area contributed by atoms with Gasteiger partial charge in [-0.15, -0.1) is 0 Å². The molecule has 18 heavy (non-hydrogen) atoms. The third-order valence-electron chi connectivity index (χ3n) is 2.55. The summed E-state index contributed by atoms with van der Waals surface area (Å²) < 4.78 is 20.1. The highest BCUT2D eigenvalue weighted by Crippen LogP contribution is 2.47. The normalized spacial score (nSPS) is 12.1. The van der Waals surface area contributed by atoms with E-state index < -0.39 is 10.6 Å². The molecule has 0 bridgehead atoms. The fourth-order valence-electron chi connectivity index (χ4n) is 1.61. The molecule has 2 aromatic carbocycles. The number of Topliss-reactive ketones (excluding diaryl/α,β-unsaturated/α-hetero) is 1. The lowest BCUT2D eigenvalue weighted by molar-refractivity contribution is 0.101. The summed E-state index contributed by atoms with van der Waals surface area (Å²) in [7, 11) is -3.06. The van der Waals surface area contributed by atoms with Gasteiger partial charge in [0, 0.05) is 5.56 Å². The fraction of sp³-hybridized carbons (Fsp3) is 0.0714. The molecule has 94 valence electrons. The average Bonchev–Trinajstić information content (AvgIpc) is 2.40. The second-order valence-corrected chi connectivity index (χ2v) is 6.01. The standard InChI is InChI=1S/C14H14O3S/c15-14(12-7-3-1-4-8-12)11-18(16,17)13-9-5-2-6-10-13/h1-10,16-17H,11H2. The Labute approximate surface area is 107 Å². The predicted octanol–water partition coefficient (Wildman–Crippen LogP) is 3.68. The number of hydrogen-bond donors (Lipinski definition) is 2. The van der Waals surface area contributed by atoms with Crippen LogP contribution in [0.4, 0.5) is 0 Å². The van der Waals surface area contributed by atoms with E-state index in [1.165, 1.54) is 0 Å². The molecule has 0 aliphatic rings. The second kappa shape index (κ2) is 5.35. The van der Waals surface area contributed by atoms with Crippen molar-refractivity contribution in [1.29, 1.82) is 0 Å². The first kappa shape index (κ1) is 12.8. The molecule has 0 spiro atoms. The molecule has 2 aromatic rings. The van der Waals surface area contributed by atoms with Crippen LogP contribution in [0.2, 0.25) is 0 Å². The van der Waals surface area contributed by atoms with Crippen molar-refractivity contribution in [3.8, 4) is 0 Å². The van der Waals surface area contributed by atoms with E-state index in [9.17, 15) is 13.9 Å². The van der Waals surface area contributed by atoms with E-state index in [0.29, 0.717) is 10.5 Å². The molecule has 0 aliphatic heterocycles. The highest BCUT2D eigenvalue weighted by molar-refractivity contribution is 8.24. The van der Waals surface area contributed by atoms with Gasteiger partial charge in [-0.2, -0.15) is 10.6 Å². The summed E-state index contributed by atoms with van der Waals surface area (Å²) in [6.45, 7) is 0. The van der Waals surface area contributed by atoms with Crippen molar-refractivity contribution >= 4 is 16.4 Å². The number of carbonyl (C=O) groups is 1. The van der Waals surface area contributed by atoms with Gasteiger partial charge in [0.2, 0.25) is 0 Å². The van der Waals surface area contributed by atoms with Crippen LogP contribution in [0.3, 0.4) is 0 Å². The molecule has 3 nitrogen and oxygen atoms in total. The maximum absolute atomic E-state index is 11.9. The summed E-state index contributed by atoms with van der Waals surface area (Å²) in [5, 5.41) is 0. The van der Waals surface area contributed by atoms with Crippen LogP contribution in [0.15, 0.2) is 65.6 Å². The molecule has 0 saturated carbocycles. The van der Waals surface area contributed by atoms with Gasteiger partial charge in [-0.3, -0.25) is 13.9 Å². The molecule has 0 fully saturated rings. The first-order valence-electron chi connectivity index (χ1n) is 5.49. The lowest BCUT2D eigenvalue weighted by atomic mass is 10.2. The third kappa shape index (κ3) is 2.98. The van der Waals surface area contributed by atoms with Crippen LogP contribution >= 0.6 is 10.6 Å². The monoisotopic (exact) mass is 262 g/mol. The van der Waals surface area contributed by atoms with E-state index in [0.717, 1.165) is 0 Å².